The number of hydrogen-bond acceptors (Lipinski definition) is 0. The average molecular weight is 484 g/mol. The van der Waals surface area contributed by atoms with Gasteiger partial charge in [-0.05, 0) is 28.7 Å². The first-order valence-corrected chi connectivity index (χ1v) is 5.88. The predicted octanol–water partition coefficient (Wildman–Crippen LogP) is 6.19. The second kappa shape index (κ2) is 6.31. The van der Waals surface area contributed by atoms with Crippen LogP contribution in [0.15, 0.2) is 21.3 Å². The Morgan fingerprint density at radius 2 is 0.957 bits per heavy atom. The second-order valence-electron chi connectivity index (χ2n) is 3.78. The molecule has 0 saturated heterocycles. The summed E-state index contributed by atoms with van der Waals surface area (Å²) in [7, 11) is 0. The minimum atomic E-state index is -6.65. The summed E-state index contributed by atoms with van der Waals surface area (Å²) in [5.74, 6) is -12.2. The van der Waals surface area contributed by atoms with Gasteiger partial charge in [-0.3, -0.25) is 0 Å². The van der Waals surface area contributed by atoms with Crippen LogP contribution in [-0.2, 0) is 0 Å². The van der Waals surface area contributed by atoms with Gasteiger partial charge in [0.05, 0.1) is 3.58 Å². The summed E-state index contributed by atoms with van der Waals surface area (Å²) in [5.41, 5.74) is -3.11. The number of allylic oxidation sites excluding steroid dienone is 4. The Bertz CT molecular complexity index is 487. The van der Waals surface area contributed by atoms with Gasteiger partial charge in [-0.1, -0.05) is 0 Å². The molecule has 14 heteroatoms. The first-order valence-electron chi connectivity index (χ1n) is 4.80. The zero-order valence-electron chi connectivity index (χ0n) is 9.95. The maximum atomic E-state index is 12.9. The molecule has 0 aliphatic carbocycles. The van der Waals surface area contributed by atoms with Gasteiger partial charge in [0.25, 0.3) is 0 Å². The molecule has 0 N–H and O–H groups in total. The third-order valence-electron chi connectivity index (χ3n) is 1.98. The van der Waals surface area contributed by atoms with Crippen molar-refractivity contribution < 1.29 is 57.1 Å². The highest BCUT2D eigenvalue weighted by atomic mass is 127. The Balaban J connectivity index is 6.26. The van der Waals surface area contributed by atoms with Crippen molar-refractivity contribution in [3.05, 3.63) is 21.3 Å². The summed E-state index contributed by atoms with van der Waals surface area (Å²) in [6.45, 7) is 0. The molecule has 0 aliphatic rings. The topological polar surface area (TPSA) is 0 Å². The second-order valence-corrected chi connectivity index (χ2v) is 4.94. The largest absolute Gasteiger partial charge is 0.458 e. The molecule has 0 amide bonds. The van der Waals surface area contributed by atoms with Crippen molar-refractivity contribution in [2.75, 3.05) is 0 Å². The quantitative estimate of drug-likeness (QED) is 0.255. The number of rotatable bonds is 3. The minimum absolute atomic E-state index is 0.0267. The van der Waals surface area contributed by atoms with Gasteiger partial charge in [-0.25, -0.2) is 0 Å². The molecule has 0 bridgehead atoms. The highest BCUT2D eigenvalue weighted by Gasteiger charge is 2.62. The zero-order chi connectivity index (χ0) is 19.1. The van der Waals surface area contributed by atoms with Crippen LogP contribution in [-0.4, -0.2) is 30.4 Å². The maximum Gasteiger partial charge on any atom is 0.458 e. The van der Waals surface area contributed by atoms with Gasteiger partial charge >= 0.3 is 30.4 Å². The molecule has 0 aromatic heterocycles. The Morgan fingerprint density at radius 3 is 1.22 bits per heavy atom. The summed E-state index contributed by atoms with van der Waals surface area (Å²) in [5, 5.41) is 0. The molecule has 136 valence electrons. The fraction of sp³-hybridized carbons (Fsp3) is 0.556. The van der Waals surface area contributed by atoms with Crippen molar-refractivity contribution in [1.82, 2.24) is 0 Å². The molecule has 0 heterocycles. The van der Waals surface area contributed by atoms with E-state index in [1.54, 1.807) is 0 Å². The van der Waals surface area contributed by atoms with E-state index < -0.39 is 51.7 Å². The molecule has 0 rings (SSSR count). The van der Waals surface area contributed by atoms with E-state index in [4.69, 9.17) is 0 Å². The first-order chi connectivity index (χ1) is 9.73. The lowest BCUT2D eigenvalue weighted by Gasteiger charge is -2.23. The Hall–Kier alpha value is -0.700. The van der Waals surface area contributed by atoms with Gasteiger partial charge in [0.2, 0.25) is 0 Å². The monoisotopic (exact) mass is 484 g/mol. The molecule has 0 aromatic rings. The molecular formula is C9H2F13I. The average Bonchev–Trinajstić information content (AvgIpc) is 2.22. The summed E-state index contributed by atoms with van der Waals surface area (Å²) < 4.78 is 157. The van der Waals surface area contributed by atoms with Crippen LogP contribution in [0.2, 0.25) is 0 Å². The zero-order valence-corrected chi connectivity index (χ0v) is 12.1. The van der Waals surface area contributed by atoms with Crippen LogP contribution in [0.4, 0.5) is 57.1 Å². The van der Waals surface area contributed by atoms with E-state index in [0.29, 0.717) is 0 Å². The highest BCUT2D eigenvalue weighted by Crippen LogP contribution is 2.48. The van der Waals surface area contributed by atoms with Crippen LogP contribution in [0.1, 0.15) is 0 Å². The molecule has 0 aliphatic heterocycles. The van der Waals surface area contributed by atoms with Gasteiger partial charge in [-0.15, -0.1) is 0 Å². The van der Waals surface area contributed by atoms with E-state index in [2.05, 4.69) is 0 Å². The molecular weight excluding hydrogens is 482 g/mol. The van der Waals surface area contributed by atoms with Crippen LogP contribution in [0.25, 0.3) is 0 Å². The Labute approximate surface area is 132 Å². The van der Waals surface area contributed by atoms with Gasteiger partial charge in [0.1, 0.15) is 0 Å². The van der Waals surface area contributed by atoms with Crippen LogP contribution >= 0.6 is 22.6 Å². The fourth-order valence-electron chi connectivity index (χ4n) is 0.925. The third kappa shape index (κ3) is 5.41. The van der Waals surface area contributed by atoms with Gasteiger partial charge in [0, 0.05) is 11.6 Å². The van der Waals surface area contributed by atoms with Crippen molar-refractivity contribution in [3.63, 3.8) is 0 Å². The summed E-state index contributed by atoms with van der Waals surface area (Å²) in [6, 6.07) is 0. The molecule has 0 atom stereocenters. The van der Waals surface area contributed by atoms with Gasteiger partial charge < -0.3 is 0 Å². The van der Waals surface area contributed by atoms with Crippen molar-refractivity contribution in [2.24, 2.45) is 0 Å². The fourth-order valence-corrected chi connectivity index (χ4v) is 1.57. The normalized spacial score (nSPS) is 16.8. The summed E-state index contributed by atoms with van der Waals surface area (Å²) >= 11 is 0.0267. The van der Waals surface area contributed by atoms with Crippen molar-refractivity contribution in [3.8, 4) is 0 Å². The van der Waals surface area contributed by atoms with Crippen molar-refractivity contribution in [1.29, 1.82) is 0 Å². The van der Waals surface area contributed by atoms with Crippen molar-refractivity contribution in [2.45, 2.75) is 30.4 Å². The first kappa shape index (κ1) is 22.3. The molecule has 0 radical (unpaired) electrons. The lowest BCUT2D eigenvalue weighted by Crippen LogP contribution is -2.40. The molecule has 0 spiro atoms. The molecule has 23 heavy (non-hydrogen) atoms. The van der Waals surface area contributed by atoms with Crippen LogP contribution in [0.3, 0.4) is 0 Å². The lowest BCUT2D eigenvalue weighted by molar-refractivity contribution is -0.264. The number of halogens is 14. The smallest absolute Gasteiger partial charge is 0.191 e. The molecule has 0 nitrogen and oxygen atoms in total. The summed E-state index contributed by atoms with van der Waals surface area (Å²) in [6.07, 6.45) is -21.8. The van der Waals surface area contributed by atoms with E-state index in [1.807, 2.05) is 0 Å². The molecule has 0 saturated carbocycles. The van der Waals surface area contributed by atoms with E-state index in [0.717, 1.165) is 0 Å². The molecule has 0 unspecified atom stereocenters. The van der Waals surface area contributed by atoms with Gasteiger partial charge in [-0.2, -0.15) is 57.1 Å². The van der Waals surface area contributed by atoms with Gasteiger partial charge in [0.15, 0.2) is 0 Å². The minimum Gasteiger partial charge on any atom is -0.191 e. The van der Waals surface area contributed by atoms with E-state index >= 15 is 0 Å². The predicted molar refractivity (Wildman–Crippen MR) is 58.2 cm³/mol. The van der Waals surface area contributed by atoms with Crippen LogP contribution in [0, 0.1) is 0 Å². The third-order valence-corrected chi connectivity index (χ3v) is 2.96. The standard InChI is InChI=1S/C9H2F13I/c10-5(11,12)2-3(6(13,14)8(17,18)19)1-4(23)7(15,16)9(20,21)22/h1-2H/b3-2+,4-1-. The van der Waals surface area contributed by atoms with E-state index in [9.17, 15) is 57.1 Å². The lowest BCUT2D eigenvalue weighted by atomic mass is 10.1. The van der Waals surface area contributed by atoms with Crippen molar-refractivity contribution >= 4 is 22.6 Å². The number of hydrogen-bond donors (Lipinski definition) is 0. The maximum absolute atomic E-state index is 12.9. The Kier molecular flexibility index (Phi) is 6.12. The van der Waals surface area contributed by atoms with E-state index in [-0.39, 0.29) is 22.6 Å². The molecule has 0 fully saturated rings. The van der Waals surface area contributed by atoms with Crippen LogP contribution < -0.4 is 0 Å². The molecule has 0 aromatic carbocycles. The Morgan fingerprint density at radius 1 is 0.609 bits per heavy atom. The van der Waals surface area contributed by atoms with Crippen LogP contribution in [0.5, 0.6) is 0 Å². The summed E-state index contributed by atoms with van der Waals surface area (Å²) in [4.78, 5) is 0. The SMILES string of the molecule is FC(F)(F)/C=C(\C=C(/I)C(F)(F)C(F)(F)F)C(F)(F)C(F)(F)F. The highest BCUT2D eigenvalue weighted by molar-refractivity contribution is 14.1. The number of alkyl halides is 13. The van der Waals surface area contributed by atoms with E-state index in [1.165, 1.54) is 0 Å².